The van der Waals surface area contributed by atoms with Gasteiger partial charge in [0.15, 0.2) is 0 Å². The number of hydrogen-bond donors (Lipinski definition) is 1. The van der Waals surface area contributed by atoms with Crippen molar-refractivity contribution in [2.45, 2.75) is 37.6 Å². The number of nitrogens with zero attached hydrogens (tertiary/aromatic N) is 3. The Morgan fingerprint density at radius 2 is 2.26 bits per heavy atom. The first-order valence-corrected chi connectivity index (χ1v) is 7.42. The minimum absolute atomic E-state index is 0.0248. The third-order valence-corrected chi connectivity index (χ3v) is 3.76. The van der Waals surface area contributed by atoms with Crippen LogP contribution in [0.5, 0.6) is 0 Å². The molecular formula is C12H20N4O2S. The molecule has 1 aromatic heterocycles. The van der Waals surface area contributed by atoms with Gasteiger partial charge in [0, 0.05) is 6.04 Å². The van der Waals surface area contributed by atoms with E-state index in [9.17, 15) is 4.79 Å². The van der Waals surface area contributed by atoms with Crippen molar-refractivity contribution < 1.29 is 9.21 Å². The largest absolute Gasteiger partial charge is 0.415 e. The summed E-state index contributed by atoms with van der Waals surface area (Å²) in [5, 5.41) is 11.3. The highest BCUT2D eigenvalue weighted by atomic mass is 32.2. The molecule has 1 atom stereocenters. The van der Waals surface area contributed by atoms with Crippen LogP contribution in [0.1, 0.15) is 25.7 Å². The second-order valence-corrected chi connectivity index (χ2v) is 6.11. The van der Waals surface area contributed by atoms with Crippen LogP contribution in [0, 0.1) is 5.92 Å². The van der Waals surface area contributed by atoms with Gasteiger partial charge in [0.1, 0.15) is 0 Å². The van der Waals surface area contributed by atoms with Crippen LogP contribution < -0.4 is 5.32 Å². The average molecular weight is 284 g/mol. The molecule has 2 rings (SSSR count). The normalized spacial score (nSPS) is 16.6. The van der Waals surface area contributed by atoms with Gasteiger partial charge in [-0.1, -0.05) is 11.8 Å². The SMILES string of the molecule is C[C@@H](NC(=O)CSc1nnc(CN(C)C)o1)C1CC1. The van der Waals surface area contributed by atoms with Crippen LogP contribution in [0.3, 0.4) is 0 Å². The van der Waals surface area contributed by atoms with Crippen LogP contribution in [-0.2, 0) is 11.3 Å². The predicted molar refractivity (Wildman–Crippen MR) is 72.7 cm³/mol. The molecule has 19 heavy (non-hydrogen) atoms. The first kappa shape index (κ1) is 14.3. The Bertz CT molecular complexity index is 431. The summed E-state index contributed by atoms with van der Waals surface area (Å²) < 4.78 is 5.43. The standard InChI is InChI=1S/C12H20N4O2S/c1-8(9-4-5-9)13-10(17)7-19-12-15-14-11(18-12)6-16(2)3/h8-9H,4-7H2,1-3H3,(H,13,17)/t8-/m1/s1. The van der Waals surface area contributed by atoms with Gasteiger partial charge in [-0.25, -0.2) is 0 Å². The zero-order valence-corrected chi connectivity index (χ0v) is 12.4. The summed E-state index contributed by atoms with van der Waals surface area (Å²) in [6.07, 6.45) is 2.46. The molecule has 106 valence electrons. The number of carbonyl (C=O) groups excluding carboxylic acids is 1. The minimum Gasteiger partial charge on any atom is -0.415 e. The zero-order valence-electron chi connectivity index (χ0n) is 11.5. The monoisotopic (exact) mass is 284 g/mol. The lowest BCUT2D eigenvalue weighted by atomic mass is 10.2. The van der Waals surface area contributed by atoms with Gasteiger partial charge in [-0.05, 0) is 39.8 Å². The second kappa shape index (κ2) is 6.38. The van der Waals surface area contributed by atoms with Crippen LogP contribution in [0.2, 0.25) is 0 Å². The van der Waals surface area contributed by atoms with E-state index >= 15 is 0 Å². The highest BCUT2D eigenvalue weighted by molar-refractivity contribution is 7.99. The molecular weight excluding hydrogens is 264 g/mol. The molecule has 1 saturated carbocycles. The molecule has 6 nitrogen and oxygen atoms in total. The fourth-order valence-corrected chi connectivity index (χ4v) is 2.36. The Hall–Kier alpha value is -1.08. The molecule has 1 fully saturated rings. The van der Waals surface area contributed by atoms with Gasteiger partial charge in [0.25, 0.3) is 5.22 Å². The van der Waals surface area contributed by atoms with Crippen LogP contribution >= 0.6 is 11.8 Å². The van der Waals surface area contributed by atoms with Crippen molar-refractivity contribution in [1.82, 2.24) is 20.4 Å². The molecule has 1 amide bonds. The van der Waals surface area contributed by atoms with Gasteiger partial charge in [-0.2, -0.15) is 0 Å². The summed E-state index contributed by atoms with van der Waals surface area (Å²) >= 11 is 1.28. The van der Waals surface area contributed by atoms with E-state index in [4.69, 9.17) is 4.42 Å². The maximum Gasteiger partial charge on any atom is 0.277 e. The van der Waals surface area contributed by atoms with Gasteiger partial charge in [0.05, 0.1) is 12.3 Å². The molecule has 1 aliphatic rings. The number of thioether (sulfide) groups is 1. The number of amides is 1. The van der Waals surface area contributed by atoms with E-state index in [2.05, 4.69) is 22.4 Å². The third-order valence-electron chi connectivity index (χ3n) is 2.94. The Morgan fingerprint density at radius 3 is 2.89 bits per heavy atom. The van der Waals surface area contributed by atoms with Gasteiger partial charge >= 0.3 is 0 Å². The van der Waals surface area contributed by atoms with Crippen molar-refractivity contribution in [3.8, 4) is 0 Å². The first-order valence-electron chi connectivity index (χ1n) is 6.44. The summed E-state index contributed by atoms with van der Waals surface area (Å²) in [5.74, 6) is 1.58. The molecule has 1 aromatic rings. The summed E-state index contributed by atoms with van der Waals surface area (Å²) in [7, 11) is 3.87. The number of carbonyl (C=O) groups is 1. The second-order valence-electron chi connectivity index (χ2n) is 5.18. The number of hydrogen-bond acceptors (Lipinski definition) is 6. The van der Waals surface area contributed by atoms with Crippen LogP contribution in [-0.4, -0.2) is 46.9 Å². The van der Waals surface area contributed by atoms with Gasteiger partial charge < -0.3 is 14.6 Å². The smallest absolute Gasteiger partial charge is 0.277 e. The summed E-state index contributed by atoms with van der Waals surface area (Å²) in [6.45, 7) is 2.67. The topological polar surface area (TPSA) is 71.3 Å². The third kappa shape index (κ3) is 4.83. The van der Waals surface area contributed by atoms with E-state index in [1.807, 2.05) is 19.0 Å². The zero-order chi connectivity index (χ0) is 13.8. The maximum absolute atomic E-state index is 11.7. The Morgan fingerprint density at radius 1 is 1.53 bits per heavy atom. The van der Waals surface area contributed by atoms with Crippen molar-refractivity contribution in [2.24, 2.45) is 5.92 Å². The molecule has 0 aliphatic heterocycles. The van der Waals surface area contributed by atoms with E-state index in [0.717, 1.165) is 0 Å². The van der Waals surface area contributed by atoms with Crippen molar-refractivity contribution in [1.29, 1.82) is 0 Å². The minimum atomic E-state index is 0.0248. The summed E-state index contributed by atoms with van der Waals surface area (Å²) in [5.41, 5.74) is 0. The van der Waals surface area contributed by atoms with Crippen LogP contribution in [0.4, 0.5) is 0 Å². The van der Waals surface area contributed by atoms with E-state index < -0.39 is 0 Å². The number of nitrogens with one attached hydrogen (secondary N) is 1. The number of rotatable bonds is 7. The highest BCUT2D eigenvalue weighted by Gasteiger charge is 2.28. The molecule has 0 bridgehead atoms. The fraction of sp³-hybridized carbons (Fsp3) is 0.750. The summed E-state index contributed by atoms with van der Waals surface area (Å²) in [6, 6.07) is 0.278. The first-order chi connectivity index (χ1) is 9.04. The molecule has 0 spiro atoms. The Balaban J connectivity index is 1.71. The average Bonchev–Trinajstić information content (AvgIpc) is 3.09. The molecule has 0 saturated heterocycles. The molecule has 1 heterocycles. The quantitative estimate of drug-likeness (QED) is 0.757. The fourth-order valence-electron chi connectivity index (χ4n) is 1.77. The molecule has 1 aliphatic carbocycles. The van der Waals surface area contributed by atoms with E-state index in [1.54, 1.807) is 0 Å². The molecule has 0 radical (unpaired) electrons. The lowest BCUT2D eigenvalue weighted by Gasteiger charge is -2.11. The lowest BCUT2D eigenvalue weighted by molar-refractivity contribution is -0.119. The highest BCUT2D eigenvalue weighted by Crippen LogP contribution is 2.32. The molecule has 1 N–H and O–H groups in total. The van der Waals surface area contributed by atoms with Gasteiger partial charge in [-0.15, -0.1) is 10.2 Å². The van der Waals surface area contributed by atoms with Crippen molar-refractivity contribution >= 4 is 17.7 Å². The Kier molecular flexibility index (Phi) is 4.81. The van der Waals surface area contributed by atoms with Crippen LogP contribution in [0.25, 0.3) is 0 Å². The van der Waals surface area contributed by atoms with Gasteiger partial charge in [-0.3, -0.25) is 4.79 Å². The molecule has 0 aromatic carbocycles. The molecule has 7 heteroatoms. The van der Waals surface area contributed by atoms with Crippen molar-refractivity contribution in [3.05, 3.63) is 5.89 Å². The molecule has 0 unspecified atom stereocenters. The van der Waals surface area contributed by atoms with Crippen molar-refractivity contribution in [3.63, 3.8) is 0 Å². The van der Waals surface area contributed by atoms with E-state index in [1.165, 1.54) is 24.6 Å². The van der Waals surface area contributed by atoms with Crippen LogP contribution in [0.15, 0.2) is 9.64 Å². The number of aromatic nitrogens is 2. The Labute approximate surface area is 117 Å². The lowest BCUT2D eigenvalue weighted by Crippen LogP contribution is -2.35. The van der Waals surface area contributed by atoms with Crippen molar-refractivity contribution in [2.75, 3.05) is 19.8 Å². The summed E-state index contributed by atoms with van der Waals surface area (Å²) in [4.78, 5) is 13.7. The maximum atomic E-state index is 11.7. The van der Waals surface area contributed by atoms with E-state index in [0.29, 0.717) is 29.3 Å². The van der Waals surface area contributed by atoms with Gasteiger partial charge in [0.2, 0.25) is 11.8 Å². The van der Waals surface area contributed by atoms with E-state index in [-0.39, 0.29) is 11.9 Å². The predicted octanol–water partition coefficient (Wildman–Crippen LogP) is 1.14.